The van der Waals surface area contributed by atoms with E-state index in [9.17, 15) is 17.8 Å². The summed E-state index contributed by atoms with van der Waals surface area (Å²) < 4.78 is 39.5. The van der Waals surface area contributed by atoms with Gasteiger partial charge in [0, 0.05) is 28.0 Å². The SMILES string of the molecule is Cc1cc(Br)ccc1OCCNC(C(N)=O)c1nccc2c(S(=O)(=O)O)cccc12.Cl.Cl. The van der Waals surface area contributed by atoms with Crippen LogP contribution in [0, 0.1) is 6.92 Å². The number of pyridine rings is 1. The number of amides is 1. The first-order valence-corrected chi connectivity index (χ1v) is 11.2. The lowest BCUT2D eigenvalue weighted by Crippen LogP contribution is -2.36. The summed E-state index contributed by atoms with van der Waals surface area (Å²) in [6.45, 7) is 2.49. The zero-order chi connectivity index (χ0) is 21.9. The molecule has 4 N–H and O–H groups in total. The number of carbonyl (C=O) groups is 1. The van der Waals surface area contributed by atoms with Gasteiger partial charge in [-0.1, -0.05) is 28.1 Å². The first kappa shape index (κ1) is 28.1. The fourth-order valence-electron chi connectivity index (χ4n) is 3.13. The van der Waals surface area contributed by atoms with Gasteiger partial charge < -0.3 is 10.5 Å². The molecule has 0 aliphatic heterocycles. The Kier molecular flexibility index (Phi) is 10.3. The van der Waals surface area contributed by atoms with E-state index in [-0.39, 0.29) is 47.4 Å². The van der Waals surface area contributed by atoms with E-state index >= 15 is 0 Å². The van der Waals surface area contributed by atoms with Crippen molar-refractivity contribution in [1.29, 1.82) is 0 Å². The zero-order valence-corrected chi connectivity index (χ0v) is 20.9. The van der Waals surface area contributed by atoms with Crippen LogP contribution in [0.25, 0.3) is 10.8 Å². The Hall–Kier alpha value is -1.95. The molecule has 0 aliphatic carbocycles. The van der Waals surface area contributed by atoms with E-state index in [0.29, 0.717) is 11.9 Å². The van der Waals surface area contributed by atoms with Gasteiger partial charge in [0.15, 0.2) is 0 Å². The molecule has 32 heavy (non-hydrogen) atoms. The number of carbonyl (C=O) groups excluding carboxylic acids is 1. The largest absolute Gasteiger partial charge is 0.492 e. The number of primary amides is 1. The predicted molar refractivity (Wildman–Crippen MR) is 130 cm³/mol. The second-order valence-electron chi connectivity index (χ2n) is 6.57. The van der Waals surface area contributed by atoms with Crippen molar-refractivity contribution in [3.05, 3.63) is 64.4 Å². The summed E-state index contributed by atoms with van der Waals surface area (Å²) in [6.07, 6.45) is 1.37. The van der Waals surface area contributed by atoms with Crippen LogP contribution in [0.3, 0.4) is 0 Å². The highest BCUT2D eigenvalue weighted by atomic mass is 79.9. The van der Waals surface area contributed by atoms with Gasteiger partial charge in [-0.25, -0.2) is 0 Å². The molecule has 1 unspecified atom stereocenters. The van der Waals surface area contributed by atoms with Crippen LogP contribution >= 0.6 is 40.7 Å². The molecule has 12 heteroatoms. The van der Waals surface area contributed by atoms with Crippen molar-refractivity contribution in [3.8, 4) is 5.75 Å². The van der Waals surface area contributed by atoms with Gasteiger partial charge in [0.1, 0.15) is 23.3 Å². The second-order valence-corrected chi connectivity index (χ2v) is 8.88. The first-order valence-electron chi connectivity index (χ1n) is 8.95. The minimum absolute atomic E-state index is 0. The minimum atomic E-state index is -4.44. The minimum Gasteiger partial charge on any atom is -0.492 e. The Morgan fingerprint density at radius 2 is 1.94 bits per heavy atom. The predicted octanol–water partition coefficient (Wildman–Crippen LogP) is 3.59. The molecular weight excluding hydrogens is 545 g/mol. The lowest BCUT2D eigenvalue weighted by atomic mass is 10.0. The van der Waals surface area contributed by atoms with Gasteiger partial charge >= 0.3 is 0 Å². The van der Waals surface area contributed by atoms with Gasteiger partial charge in [0.05, 0.1) is 5.69 Å². The van der Waals surface area contributed by atoms with E-state index < -0.39 is 22.1 Å². The maximum absolute atomic E-state index is 12.1. The highest BCUT2D eigenvalue weighted by molar-refractivity contribution is 9.10. The number of nitrogens with two attached hydrogens (primary N) is 1. The molecule has 0 saturated heterocycles. The Bertz CT molecular complexity index is 1210. The van der Waals surface area contributed by atoms with E-state index in [1.165, 1.54) is 24.4 Å². The van der Waals surface area contributed by atoms with E-state index in [2.05, 4.69) is 26.2 Å². The number of halogens is 3. The molecule has 0 radical (unpaired) electrons. The van der Waals surface area contributed by atoms with Crippen LogP contribution in [0.4, 0.5) is 0 Å². The maximum Gasteiger partial charge on any atom is 0.295 e. The molecule has 0 bridgehead atoms. The number of ether oxygens (including phenoxy) is 1. The van der Waals surface area contributed by atoms with Crippen LogP contribution in [0.1, 0.15) is 17.3 Å². The third-order valence-electron chi connectivity index (χ3n) is 4.48. The number of hydrogen-bond donors (Lipinski definition) is 3. The molecule has 0 saturated carbocycles. The van der Waals surface area contributed by atoms with E-state index in [0.717, 1.165) is 15.8 Å². The molecule has 0 aliphatic rings. The maximum atomic E-state index is 12.1. The normalized spacial score (nSPS) is 11.8. The molecule has 0 fully saturated rings. The third kappa shape index (κ3) is 6.53. The van der Waals surface area contributed by atoms with E-state index in [4.69, 9.17) is 10.5 Å². The number of aryl methyl sites for hydroxylation is 1. The van der Waals surface area contributed by atoms with Gasteiger partial charge in [0.25, 0.3) is 10.1 Å². The molecule has 1 atom stereocenters. The quantitative estimate of drug-likeness (QED) is 0.280. The van der Waals surface area contributed by atoms with Crippen LogP contribution in [0.15, 0.2) is 58.0 Å². The first-order chi connectivity index (χ1) is 14.2. The molecule has 2 aromatic carbocycles. The third-order valence-corrected chi connectivity index (χ3v) is 5.88. The average Bonchev–Trinajstić information content (AvgIpc) is 2.67. The number of rotatable bonds is 8. The molecular formula is C20H22BrCl2N3O5S. The summed E-state index contributed by atoms with van der Waals surface area (Å²) in [5.41, 5.74) is 6.79. The summed E-state index contributed by atoms with van der Waals surface area (Å²) in [6, 6.07) is 10.5. The number of aromatic nitrogens is 1. The summed E-state index contributed by atoms with van der Waals surface area (Å²) in [5.74, 6) is 0.0452. The molecule has 1 heterocycles. The summed E-state index contributed by atoms with van der Waals surface area (Å²) in [4.78, 5) is 16.1. The average molecular weight is 567 g/mol. The van der Waals surface area contributed by atoms with Crippen LogP contribution < -0.4 is 15.8 Å². The standard InChI is InChI=1S/C20H20BrN3O5S.2ClH/c1-12-11-13(21)5-6-16(12)29-10-9-24-19(20(22)25)18-15-3-2-4-17(30(26,27)28)14(15)7-8-23-18;;/h2-8,11,19,24H,9-10H2,1H3,(H2,22,25)(H,26,27,28);2*1H. The Labute approximate surface area is 206 Å². The summed E-state index contributed by atoms with van der Waals surface area (Å²) >= 11 is 3.40. The van der Waals surface area contributed by atoms with Crippen molar-refractivity contribution < 1.29 is 22.5 Å². The monoisotopic (exact) mass is 565 g/mol. The summed E-state index contributed by atoms with van der Waals surface area (Å²) in [5, 5.41) is 3.65. The van der Waals surface area contributed by atoms with Crippen molar-refractivity contribution in [2.24, 2.45) is 5.73 Å². The van der Waals surface area contributed by atoms with Crippen molar-refractivity contribution in [2.45, 2.75) is 17.9 Å². The molecule has 3 aromatic rings. The van der Waals surface area contributed by atoms with Gasteiger partial charge in [-0.2, -0.15) is 8.42 Å². The number of nitrogens with zero attached hydrogens (tertiary/aromatic N) is 1. The van der Waals surface area contributed by atoms with Crippen molar-refractivity contribution >= 4 is 67.5 Å². The zero-order valence-electron chi connectivity index (χ0n) is 16.8. The smallest absolute Gasteiger partial charge is 0.295 e. The molecule has 0 spiro atoms. The van der Waals surface area contributed by atoms with Crippen molar-refractivity contribution in [1.82, 2.24) is 10.3 Å². The lowest BCUT2D eigenvalue weighted by molar-refractivity contribution is -0.120. The van der Waals surface area contributed by atoms with Crippen LogP contribution in [0.2, 0.25) is 0 Å². The Morgan fingerprint density at radius 1 is 1.22 bits per heavy atom. The van der Waals surface area contributed by atoms with Crippen LogP contribution in [0.5, 0.6) is 5.75 Å². The second kappa shape index (κ2) is 11.8. The van der Waals surface area contributed by atoms with E-state index in [1.54, 1.807) is 6.07 Å². The molecule has 174 valence electrons. The number of fused-ring (bicyclic) bond motifs is 1. The fourth-order valence-corrected chi connectivity index (χ4v) is 4.31. The van der Waals surface area contributed by atoms with Crippen LogP contribution in [-0.2, 0) is 14.9 Å². The molecule has 8 nitrogen and oxygen atoms in total. The van der Waals surface area contributed by atoms with Gasteiger partial charge in [-0.15, -0.1) is 24.8 Å². The number of benzene rings is 2. The Balaban J connectivity index is 0.00000256. The Morgan fingerprint density at radius 3 is 2.56 bits per heavy atom. The topological polar surface area (TPSA) is 132 Å². The van der Waals surface area contributed by atoms with Crippen molar-refractivity contribution in [2.75, 3.05) is 13.2 Å². The van der Waals surface area contributed by atoms with Gasteiger partial charge in [0.2, 0.25) is 5.91 Å². The van der Waals surface area contributed by atoms with Gasteiger partial charge in [-0.05, 0) is 42.8 Å². The number of hydrogen-bond acceptors (Lipinski definition) is 6. The lowest BCUT2D eigenvalue weighted by Gasteiger charge is -2.18. The van der Waals surface area contributed by atoms with E-state index in [1.807, 2.05) is 25.1 Å². The number of nitrogens with one attached hydrogen (secondary N) is 1. The molecule has 1 amide bonds. The molecule has 3 rings (SSSR count). The van der Waals surface area contributed by atoms with Crippen LogP contribution in [-0.4, -0.2) is 37.0 Å². The van der Waals surface area contributed by atoms with Gasteiger partial charge in [-0.3, -0.25) is 19.6 Å². The summed E-state index contributed by atoms with van der Waals surface area (Å²) in [7, 11) is -4.44. The van der Waals surface area contributed by atoms with Crippen molar-refractivity contribution in [3.63, 3.8) is 0 Å². The molecule has 1 aromatic heterocycles. The highest BCUT2D eigenvalue weighted by Crippen LogP contribution is 2.27. The fraction of sp³-hybridized carbons (Fsp3) is 0.200. The highest BCUT2D eigenvalue weighted by Gasteiger charge is 2.23.